The third kappa shape index (κ3) is 48.5. The predicted molar refractivity (Wildman–Crippen MR) is 527 cm³/mol. The minimum absolute atomic E-state index is 0.00704. The van der Waals surface area contributed by atoms with Gasteiger partial charge in [-0.15, -0.1) is 0 Å². The Morgan fingerprint density at radius 3 is 0.491 bits per heavy atom. The molecule has 0 radical (unpaired) electrons. The predicted octanol–water partition coefficient (Wildman–Crippen LogP) is 27.5. The SMILES string of the molecule is CC(/C(C)=C(\C)C(C)C)=C(/C)C(C)C.CC(/C(C)=C(\C)C(C)C)=C(/C)C(C)C.CC(C)C(=O)N(C)C(C)C.CC(C)C(C)(C)S(=O)(=O)C(C)C.CC(C)C(C)(C)S(=O)(=O)C(C)C.CC(C)C(C)(C)S(=O)(=O)C(C)C.CC(C)OC(=O)C(C)C.CC(C)S(=O)C(C)(C)C(C)C.CC(C)S(=O)C(C)(C)C(C)C.CC(C)S(=O)C(C)(C)C(C)C. The highest BCUT2D eigenvalue weighted by atomic mass is 32.2. The number of amides is 1. The van der Waals surface area contributed by atoms with Crippen molar-refractivity contribution in [1.29, 1.82) is 0 Å². The zero-order valence-corrected chi connectivity index (χ0v) is 93.2. The van der Waals surface area contributed by atoms with Crippen molar-refractivity contribution >= 4 is 73.8 Å². The molecular weight excluding hydrogens is 1560 g/mol. The van der Waals surface area contributed by atoms with Gasteiger partial charge < -0.3 is 9.64 Å². The minimum atomic E-state index is -2.98. The van der Waals surface area contributed by atoms with Crippen molar-refractivity contribution in [3.63, 3.8) is 0 Å². The lowest BCUT2D eigenvalue weighted by Crippen LogP contribution is -2.41. The first kappa shape index (κ1) is 135. The highest BCUT2D eigenvalue weighted by Crippen LogP contribution is 2.34. The lowest BCUT2D eigenvalue weighted by atomic mass is 9.90. The number of ether oxygens (including phenoxy) is 1. The van der Waals surface area contributed by atoms with E-state index in [9.17, 15) is 47.5 Å². The molecule has 0 aliphatic rings. The minimum Gasteiger partial charge on any atom is -0.463 e. The maximum atomic E-state index is 11.8. The van der Waals surface area contributed by atoms with Gasteiger partial charge in [0.25, 0.3) is 0 Å². The largest absolute Gasteiger partial charge is 0.463 e. The summed E-state index contributed by atoms with van der Waals surface area (Å²) in [5.74, 6) is 4.74. The van der Waals surface area contributed by atoms with Crippen molar-refractivity contribution in [1.82, 2.24) is 4.90 Å². The van der Waals surface area contributed by atoms with Crippen LogP contribution in [0.1, 0.15) is 415 Å². The van der Waals surface area contributed by atoms with Crippen LogP contribution in [-0.4, -0.2) is 134 Å². The molecule has 19 heteroatoms. The number of nitrogens with zero attached hydrogens (tertiary/aromatic N) is 1. The Bertz CT molecular complexity index is 2980. The first-order chi connectivity index (χ1) is 50.9. The number of esters is 1. The second-order valence-corrected chi connectivity index (χ2v) is 58.1. The van der Waals surface area contributed by atoms with Crippen molar-refractivity contribution in [2.24, 2.45) is 71.0 Å². The summed E-state index contributed by atoms with van der Waals surface area (Å²) in [7, 11) is -9.22. The van der Waals surface area contributed by atoms with Crippen LogP contribution in [-0.2, 0) is 76.2 Å². The maximum Gasteiger partial charge on any atom is 0.308 e. The lowest BCUT2D eigenvalue weighted by molar-refractivity contribution is -0.151. The van der Waals surface area contributed by atoms with Gasteiger partial charge >= 0.3 is 5.97 Å². The second-order valence-electron chi connectivity index (χ2n) is 41.1. The maximum absolute atomic E-state index is 11.8. The molecular formula is C97H203NO12S6. The van der Waals surface area contributed by atoms with Crippen molar-refractivity contribution in [3.05, 3.63) is 44.6 Å². The first-order valence-electron chi connectivity index (χ1n) is 44.0. The van der Waals surface area contributed by atoms with Crippen molar-refractivity contribution in [2.75, 3.05) is 7.05 Å². The highest BCUT2D eigenvalue weighted by molar-refractivity contribution is 7.94. The molecule has 0 saturated carbocycles. The van der Waals surface area contributed by atoms with Crippen LogP contribution in [0.4, 0.5) is 0 Å². The van der Waals surface area contributed by atoms with Crippen LogP contribution in [0.2, 0.25) is 0 Å². The van der Waals surface area contributed by atoms with Crippen LogP contribution in [0.5, 0.6) is 0 Å². The zero-order valence-electron chi connectivity index (χ0n) is 88.3. The van der Waals surface area contributed by atoms with E-state index in [4.69, 9.17) is 4.74 Å². The number of hydrogen-bond donors (Lipinski definition) is 0. The van der Waals surface area contributed by atoms with Crippen LogP contribution < -0.4 is 0 Å². The molecule has 0 bridgehead atoms. The van der Waals surface area contributed by atoms with Crippen LogP contribution in [0.3, 0.4) is 0 Å². The van der Waals surface area contributed by atoms with E-state index >= 15 is 0 Å². The fourth-order valence-electron chi connectivity index (χ4n) is 9.27. The Balaban J connectivity index is -0.000000135. The molecule has 13 nitrogen and oxygen atoms in total. The van der Waals surface area contributed by atoms with E-state index in [2.05, 4.69) is 194 Å². The van der Waals surface area contributed by atoms with Gasteiger partial charge in [0.05, 0.1) is 42.0 Å². The average molecular weight is 1770 g/mol. The average Bonchev–Trinajstić information content (AvgIpc) is 0.802. The van der Waals surface area contributed by atoms with E-state index in [0.717, 1.165) is 0 Å². The number of hydrogen-bond acceptors (Lipinski definition) is 12. The molecule has 1 amide bonds. The summed E-state index contributed by atoms with van der Waals surface area (Å²) >= 11 is 0. The van der Waals surface area contributed by atoms with Gasteiger partial charge in [0.15, 0.2) is 29.5 Å². The first-order valence-corrected chi connectivity index (χ1v) is 52.3. The molecule has 0 aromatic carbocycles. The monoisotopic (exact) mass is 1770 g/mol. The third-order valence-corrected chi connectivity index (χ3v) is 41.3. The molecule has 0 aromatic heterocycles. The zero-order chi connectivity index (χ0) is 96.8. The standard InChI is InChI=1S/2C14H26.3C9H20O2S.3C9H20OS.C8H17NO.C7H14O2/c2*1-9(2)11(5)13(7)14(8)12(6)10(3)4;3*1-7(2)9(5,6)12(10,11)8(3)4;3*1-7(2)9(5,6)11(10)8(3)4;1-6(2)8(10)9(5)7(3)4;1-5(2)7(8)9-6(3)4/h2*9-10H,1-8H3;3*7-8H,1-6H3;3*7-8H,1-6H3;6-7H,1-5H3;5-6H,1-4H3/b2*13-11+,14-12+;;;;;;;;. The van der Waals surface area contributed by atoms with Crippen LogP contribution in [0, 0.1) is 71.0 Å². The van der Waals surface area contributed by atoms with Crippen LogP contribution >= 0.6 is 0 Å². The topological polar surface area (TPSA) is 200 Å². The van der Waals surface area contributed by atoms with Gasteiger partial charge in [0.1, 0.15) is 0 Å². The Morgan fingerprint density at radius 2 is 0.440 bits per heavy atom. The lowest BCUT2D eigenvalue weighted by Gasteiger charge is -2.30. The van der Waals surface area contributed by atoms with E-state index in [1.807, 2.05) is 146 Å². The molecule has 0 aromatic rings. The number of carbonyl (C=O) groups excluding carboxylic acids is 2. The second kappa shape index (κ2) is 59.2. The Labute approximate surface area is 735 Å². The summed E-state index contributed by atoms with van der Waals surface area (Å²) in [5.41, 5.74) is 12.0. The van der Waals surface area contributed by atoms with Gasteiger partial charge in [-0.25, -0.2) is 25.3 Å². The molecule has 0 rings (SSSR count). The van der Waals surface area contributed by atoms with Gasteiger partial charge in [-0.1, -0.05) is 230 Å². The summed E-state index contributed by atoms with van der Waals surface area (Å²) in [6, 6.07) is 0.315. The fraction of sp³-hybridized carbons (Fsp3) is 0.897. The van der Waals surface area contributed by atoms with E-state index in [0.29, 0.717) is 47.5 Å². The number of allylic oxidation sites excluding steroid dienone is 8. The molecule has 3 unspecified atom stereocenters. The van der Waals surface area contributed by atoms with E-state index in [1.54, 1.807) is 88.0 Å². The van der Waals surface area contributed by atoms with E-state index in [1.165, 1.54) is 44.6 Å². The molecule has 0 aliphatic heterocycles. The molecule has 0 N–H and O–H groups in total. The summed E-state index contributed by atoms with van der Waals surface area (Å²) in [6.07, 6.45) is 0.0138. The Hall–Kier alpha value is -1.80. The van der Waals surface area contributed by atoms with Gasteiger partial charge in [-0.3, -0.25) is 22.2 Å². The Morgan fingerprint density at radius 1 is 0.276 bits per heavy atom. The number of sulfone groups is 3. The highest BCUT2D eigenvalue weighted by Gasteiger charge is 2.42. The molecule has 0 heterocycles. The summed E-state index contributed by atoms with van der Waals surface area (Å²) in [4.78, 5) is 23.7. The quantitative estimate of drug-likeness (QED) is 0.0531. The number of rotatable bonds is 28. The fourth-order valence-corrected chi connectivity index (χ4v) is 19.9. The molecule has 116 heavy (non-hydrogen) atoms. The third-order valence-electron chi connectivity index (χ3n) is 24.6. The van der Waals surface area contributed by atoms with E-state index < -0.39 is 76.2 Å². The normalized spacial score (nSPS) is 14.6. The molecule has 0 fully saturated rings. The molecule has 0 aliphatic carbocycles. The van der Waals surface area contributed by atoms with Gasteiger partial charge in [0, 0.05) is 81.4 Å². The van der Waals surface area contributed by atoms with Gasteiger partial charge in [0.2, 0.25) is 5.91 Å². The van der Waals surface area contributed by atoms with Crippen molar-refractivity contribution in [2.45, 2.75) is 488 Å². The summed E-state index contributed by atoms with van der Waals surface area (Å²) < 4.78 is 109. The summed E-state index contributed by atoms with van der Waals surface area (Å²) in [5, 5.41) is -0.0353. The van der Waals surface area contributed by atoms with Crippen molar-refractivity contribution < 1.29 is 52.2 Å². The number of carbonyl (C=O) groups is 2. The molecule has 0 saturated heterocycles. The molecule has 0 spiro atoms. The molecule has 3 atom stereocenters. The van der Waals surface area contributed by atoms with E-state index in [-0.39, 0.29) is 93.3 Å². The van der Waals surface area contributed by atoms with Crippen LogP contribution in [0.15, 0.2) is 44.6 Å². The van der Waals surface area contributed by atoms with Crippen LogP contribution in [0.25, 0.3) is 0 Å². The van der Waals surface area contributed by atoms with Gasteiger partial charge in [-0.05, 0) is 289 Å². The van der Waals surface area contributed by atoms with Gasteiger partial charge in [-0.2, -0.15) is 0 Å². The molecule has 704 valence electrons. The summed E-state index contributed by atoms with van der Waals surface area (Å²) in [6.45, 7) is 121. The Kier molecular flexibility index (Phi) is 68.7. The smallest absolute Gasteiger partial charge is 0.308 e. The van der Waals surface area contributed by atoms with Crippen molar-refractivity contribution in [3.8, 4) is 0 Å².